The summed E-state index contributed by atoms with van der Waals surface area (Å²) in [6.07, 6.45) is -1.70. The minimum atomic E-state index is -2.94. The average molecular weight is 526 g/mol. The number of anilines is 1. The van der Waals surface area contributed by atoms with E-state index in [4.69, 9.17) is 16.6 Å². The fraction of sp³-hybridized carbons (Fsp3) is 0.259. The standard InChI is InChI=1S/C27H26ClF2N5O2/c1-4-35-22-10-9-19(12-21(22)34-25(35)17-5-7-18(28)8-6-17)33-27(37)20-11-16(13-31-23(20)24(29)30)14-32-26(36)15(2)3/h5-13,15,24H,4,14H2,1-3H3,(H,32,36)(H,33,37). The highest BCUT2D eigenvalue weighted by Gasteiger charge is 2.22. The molecular weight excluding hydrogens is 500 g/mol. The number of amides is 2. The average Bonchev–Trinajstić information content (AvgIpc) is 3.25. The van der Waals surface area contributed by atoms with E-state index in [-0.39, 0.29) is 23.9 Å². The third-order valence-corrected chi connectivity index (χ3v) is 6.09. The Labute approximate surface area is 217 Å². The van der Waals surface area contributed by atoms with Crippen molar-refractivity contribution in [3.05, 3.63) is 76.6 Å². The number of hydrogen-bond donors (Lipinski definition) is 2. The van der Waals surface area contributed by atoms with Crippen LogP contribution in [0.1, 0.15) is 48.8 Å². The Balaban J connectivity index is 1.62. The number of rotatable bonds is 8. The number of hydrogen-bond acceptors (Lipinski definition) is 4. The number of aromatic nitrogens is 3. The Morgan fingerprint density at radius 2 is 1.81 bits per heavy atom. The van der Waals surface area contributed by atoms with Gasteiger partial charge in [0.1, 0.15) is 11.5 Å². The molecular formula is C27H26ClF2N5O2. The zero-order chi connectivity index (χ0) is 26.7. The van der Waals surface area contributed by atoms with Gasteiger partial charge in [-0.3, -0.25) is 14.6 Å². The molecule has 0 aliphatic heterocycles. The van der Waals surface area contributed by atoms with Crippen molar-refractivity contribution in [3.8, 4) is 11.4 Å². The van der Waals surface area contributed by atoms with Crippen LogP contribution in [0.25, 0.3) is 22.4 Å². The van der Waals surface area contributed by atoms with Crippen LogP contribution in [0.3, 0.4) is 0 Å². The minimum Gasteiger partial charge on any atom is -0.352 e. The van der Waals surface area contributed by atoms with Gasteiger partial charge in [-0.05, 0) is 61.0 Å². The lowest BCUT2D eigenvalue weighted by Gasteiger charge is -2.12. The number of benzene rings is 2. The van der Waals surface area contributed by atoms with Crippen LogP contribution < -0.4 is 10.6 Å². The van der Waals surface area contributed by atoms with E-state index in [1.807, 2.05) is 29.7 Å². The van der Waals surface area contributed by atoms with E-state index in [0.717, 1.165) is 16.9 Å². The van der Waals surface area contributed by atoms with Gasteiger partial charge in [0.05, 0.1) is 16.6 Å². The smallest absolute Gasteiger partial charge is 0.281 e. The normalized spacial score (nSPS) is 11.4. The summed E-state index contributed by atoms with van der Waals surface area (Å²) in [4.78, 5) is 33.4. The lowest BCUT2D eigenvalue weighted by Crippen LogP contribution is -2.27. The molecule has 0 radical (unpaired) electrons. The predicted octanol–water partition coefficient (Wildman–Crippen LogP) is 6.23. The number of nitrogens with zero attached hydrogens (tertiary/aromatic N) is 3. The van der Waals surface area contributed by atoms with Crippen LogP contribution in [0.5, 0.6) is 0 Å². The second-order valence-corrected chi connectivity index (χ2v) is 9.23. The molecule has 2 aromatic carbocycles. The van der Waals surface area contributed by atoms with Gasteiger partial charge in [-0.1, -0.05) is 25.4 Å². The molecule has 10 heteroatoms. The van der Waals surface area contributed by atoms with Gasteiger partial charge in [0, 0.05) is 41.5 Å². The number of aryl methyl sites for hydroxylation is 1. The van der Waals surface area contributed by atoms with E-state index >= 15 is 0 Å². The highest BCUT2D eigenvalue weighted by Crippen LogP contribution is 2.28. The van der Waals surface area contributed by atoms with Crippen LogP contribution >= 0.6 is 11.6 Å². The summed E-state index contributed by atoms with van der Waals surface area (Å²) in [6, 6.07) is 13.9. The third kappa shape index (κ3) is 5.77. The Hall–Kier alpha value is -3.85. The van der Waals surface area contributed by atoms with E-state index in [2.05, 4.69) is 15.6 Å². The Morgan fingerprint density at radius 3 is 2.46 bits per heavy atom. The predicted molar refractivity (Wildman–Crippen MR) is 140 cm³/mol. The zero-order valence-electron chi connectivity index (χ0n) is 20.6. The molecule has 4 rings (SSSR count). The van der Waals surface area contributed by atoms with Crippen molar-refractivity contribution in [2.24, 2.45) is 5.92 Å². The van der Waals surface area contributed by atoms with Gasteiger partial charge in [-0.15, -0.1) is 0 Å². The topological polar surface area (TPSA) is 88.9 Å². The van der Waals surface area contributed by atoms with E-state index in [1.165, 1.54) is 12.3 Å². The Morgan fingerprint density at radius 1 is 1.08 bits per heavy atom. The lowest BCUT2D eigenvalue weighted by atomic mass is 10.1. The summed E-state index contributed by atoms with van der Waals surface area (Å²) in [6.45, 7) is 6.23. The molecule has 7 nitrogen and oxygen atoms in total. The first kappa shape index (κ1) is 26.2. The van der Waals surface area contributed by atoms with Crippen molar-refractivity contribution >= 4 is 40.1 Å². The Kier molecular flexibility index (Phi) is 7.83. The number of nitrogens with one attached hydrogen (secondary N) is 2. The number of alkyl halides is 2. The molecule has 0 bridgehead atoms. The number of fused-ring (bicyclic) bond motifs is 1. The quantitative estimate of drug-likeness (QED) is 0.285. The van der Waals surface area contributed by atoms with Crippen molar-refractivity contribution in [3.63, 3.8) is 0 Å². The van der Waals surface area contributed by atoms with Gasteiger partial charge >= 0.3 is 0 Å². The molecule has 0 unspecified atom stereocenters. The van der Waals surface area contributed by atoms with Crippen LogP contribution in [0.4, 0.5) is 14.5 Å². The second kappa shape index (κ2) is 11.0. The molecule has 0 aliphatic carbocycles. The molecule has 192 valence electrons. The molecule has 4 aromatic rings. The van der Waals surface area contributed by atoms with Crippen LogP contribution in [-0.4, -0.2) is 26.3 Å². The van der Waals surface area contributed by atoms with Crippen molar-refractivity contribution in [1.29, 1.82) is 0 Å². The zero-order valence-corrected chi connectivity index (χ0v) is 21.3. The SMILES string of the molecule is CCn1c(-c2ccc(Cl)cc2)nc2cc(NC(=O)c3cc(CNC(=O)C(C)C)cnc3C(F)F)ccc21. The van der Waals surface area contributed by atoms with Gasteiger partial charge in [0.25, 0.3) is 12.3 Å². The molecule has 0 atom stereocenters. The highest BCUT2D eigenvalue weighted by atomic mass is 35.5. The fourth-order valence-electron chi connectivity index (χ4n) is 3.91. The van der Waals surface area contributed by atoms with Crippen molar-refractivity contribution in [2.45, 2.75) is 40.3 Å². The van der Waals surface area contributed by atoms with Crippen molar-refractivity contribution < 1.29 is 18.4 Å². The summed E-state index contributed by atoms with van der Waals surface area (Å²) < 4.78 is 29.3. The maximum atomic E-state index is 13.6. The summed E-state index contributed by atoms with van der Waals surface area (Å²) >= 11 is 6.02. The van der Waals surface area contributed by atoms with Gasteiger partial charge < -0.3 is 15.2 Å². The number of pyridine rings is 1. The van der Waals surface area contributed by atoms with E-state index in [1.54, 1.807) is 38.1 Å². The van der Waals surface area contributed by atoms with Crippen molar-refractivity contribution in [2.75, 3.05) is 5.32 Å². The van der Waals surface area contributed by atoms with Crippen LogP contribution in [-0.2, 0) is 17.9 Å². The van der Waals surface area contributed by atoms with Crippen LogP contribution in [0, 0.1) is 5.92 Å². The Bertz CT molecular complexity index is 1450. The number of imidazole rings is 1. The highest BCUT2D eigenvalue weighted by molar-refractivity contribution is 6.30. The lowest BCUT2D eigenvalue weighted by molar-refractivity contribution is -0.124. The number of carbonyl (C=O) groups is 2. The summed E-state index contributed by atoms with van der Waals surface area (Å²) in [7, 11) is 0. The van der Waals surface area contributed by atoms with Crippen LogP contribution in [0.15, 0.2) is 54.7 Å². The van der Waals surface area contributed by atoms with Crippen molar-refractivity contribution in [1.82, 2.24) is 19.9 Å². The van der Waals surface area contributed by atoms with E-state index in [9.17, 15) is 18.4 Å². The molecule has 2 amide bonds. The van der Waals surface area contributed by atoms with E-state index < -0.39 is 18.0 Å². The van der Waals surface area contributed by atoms with Gasteiger partial charge in [0.2, 0.25) is 5.91 Å². The first-order chi connectivity index (χ1) is 17.7. The molecule has 0 aliphatic rings. The molecule has 2 aromatic heterocycles. The largest absolute Gasteiger partial charge is 0.352 e. The van der Waals surface area contributed by atoms with Crippen LogP contribution in [0.2, 0.25) is 5.02 Å². The van der Waals surface area contributed by atoms with Gasteiger partial charge in [0.15, 0.2) is 0 Å². The summed E-state index contributed by atoms with van der Waals surface area (Å²) in [5.74, 6) is -0.408. The molecule has 0 spiro atoms. The molecule has 2 N–H and O–H groups in total. The number of carbonyl (C=O) groups excluding carboxylic acids is 2. The second-order valence-electron chi connectivity index (χ2n) is 8.79. The molecule has 0 fully saturated rings. The fourth-order valence-corrected chi connectivity index (χ4v) is 4.04. The minimum absolute atomic E-state index is 0.0711. The third-order valence-electron chi connectivity index (χ3n) is 5.84. The maximum Gasteiger partial charge on any atom is 0.281 e. The van der Waals surface area contributed by atoms with Gasteiger partial charge in [-0.2, -0.15) is 0 Å². The first-order valence-corrected chi connectivity index (χ1v) is 12.2. The molecule has 2 heterocycles. The summed E-state index contributed by atoms with van der Waals surface area (Å²) in [5.41, 5.74) is 2.35. The van der Waals surface area contributed by atoms with E-state index in [0.29, 0.717) is 28.3 Å². The molecule has 0 saturated carbocycles. The molecule has 37 heavy (non-hydrogen) atoms. The monoisotopic (exact) mass is 525 g/mol. The maximum absolute atomic E-state index is 13.6. The number of halogens is 3. The van der Waals surface area contributed by atoms with Gasteiger partial charge in [-0.25, -0.2) is 13.8 Å². The summed E-state index contributed by atoms with van der Waals surface area (Å²) in [5, 5.41) is 6.00. The molecule has 0 saturated heterocycles. The first-order valence-electron chi connectivity index (χ1n) is 11.8.